The Morgan fingerprint density at radius 1 is 1.47 bits per heavy atom. The topological polar surface area (TPSA) is 41.5 Å². The number of methoxy groups -OCH3 is 1. The maximum Gasteiger partial charge on any atom is 0.169 e. The third-order valence-corrected chi connectivity index (χ3v) is 3.04. The summed E-state index contributed by atoms with van der Waals surface area (Å²) < 4.78 is 18.7. The Labute approximate surface area is 102 Å². The molecule has 0 amide bonds. The highest BCUT2D eigenvalue weighted by Crippen LogP contribution is 2.20. The standard InChI is InChI=1S/C13H20FNO2/c1-9(16)13(2,3)15-8-10-6-5-7-11(17-4)12(10)14/h5-7,9,15-16H,8H2,1-4H3. The lowest BCUT2D eigenvalue weighted by molar-refractivity contribution is 0.0954. The van der Waals surface area contributed by atoms with Gasteiger partial charge in [-0.05, 0) is 26.8 Å². The van der Waals surface area contributed by atoms with Crippen LogP contribution in [0.25, 0.3) is 0 Å². The fourth-order valence-corrected chi connectivity index (χ4v) is 1.32. The minimum atomic E-state index is -0.517. The quantitative estimate of drug-likeness (QED) is 0.829. The van der Waals surface area contributed by atoms with Gasteiger partial charge in [-0.15, -0.1) is 0 Å². The molecule has 0 spiro atoms. The van der Waals surface area contributed by atoms with Crippen molar-refractivity contribution in [2.24, 2.45) is 0 Å². The van der Waals surface area contributed by atoms with Crippen molar-refractivity contribution in [1.29, 1.82) is 0 Å². The summed E-state index contributed by atoms with van der Waals surface area (Å²) in [4.78, 5) is 0. The van der Waals surface area contributed by atoms with Crippen LogP contribution in [0.5, 0.6) is 5.75 Å². The Morgan fingerprint density at radius 2 is 2.12 bits per heavy atom. The first-order valence-electron chi connectivity index (χ1n) is 5.63. The van der Waals surface area contributed by atoms with Gasteiger partial charge in [0.1, 0.15) is 0 Å². The third kappa shape index (κ3) is 3.41. The number of halogens is 1. The van der Waals surface area contributed by atoms with E-state index in [1.165, 1.54) is 7.11 Å². The minimum absolute atomic E-state index is 0.235. The van der Waals surface area contributed by atoms with Gasteiger partial charge >= 0.3 is 0 Å². The molecule has 1 rings (SSSR count). The van der Waals surface area contributed by atoms with Gasteiger partial charge in [0.2, 0.25) is 0 Å². The van der Waals surface area contributed by atoms with Crippen molar-refractivity contribution in [3.8, 4) is 5.75 Å². The van der Waals surface area contributed by atoms with Gasteiger partial charge in [0.15, 0.2) is 11.6 Å². The van der Waals surface area contributed by atoms with Crippen molar-refractivity contribution in [3.63, 3.8) is 0 Å². The molecule has 1 atom stereocenters. The lowest BCUT2D eigenvalue weighted by Crippen LogP contribution is -2.47. The molecule has 0 bridgehead atoms. The van der Waals surface area contributed by atoms with Crippen LogP contribution >= 0.6 is 0 Å². The van der Waals surface area contributed by atoms with Crippen LogP contribution in [0.2, 0.25) is 0 Å². The summed E-state index contributed by atoms with van der Waals surface area (Å²) in [5.41, 5.74) is 0.0632. The average molecular weight is 241 g/mol. The van der Waals surface area contributed by atoms with Crippen LogP contribution in [-0.2, 0) is 6.54 Å². The monoisotopic (exact) mass is 241 g/mol. The van der Waals surface area contributed by atoms with Gasteiger partial charge in [-0.2, -0.15) is 0 Å². The lowest BCUT2D eigenvalue weighted by Gasteiger charge is -2.29. The molecule has 4 heteroatoms. The maximum atomic E-state index is 13.8. The number of aliphatic hydroxyl groups is 1. The van der Waals surface area contributed by atoms with Crippen LogP contribution in [0.1, 0.15) is 26.3 Å². The molecule has 17 heavy (non-hydrogen) atoms. The molecule has 1 unspecified atom stereocenters. The molecule has 1 aromatic rings. The molecule has 0 radical (unpaired) electrons. The summed E-state index contributed by atoms with van der Waals surface area (Å²) in [6.07, 6.45) is -0.517. The van der Waals surface area contributed by atoms with Crippen LogP contribution < -0.4 is 10.1 Å². The molecular weight excluding hydrogens is 221 g/mol. The van der Waals surface area contributed by atoms with E-state index in [1.54, 1.807) is 25.1 Å². The number of ether oxygens (including phenoxy) is 1. The SMILES string of the molecule is COc1cccc(CNC(C)(C)C(C)O)c1F. The Morgan fingerprint density at radius 3 is 2.65 bits per heavy atom. The number of hydrogen-bond acceptors (Lipinski definition) is 3. The molecule has 0 aliphatic carbocycles. The highest BCUT2D eigenvalue weighted by molar-refractivity contribution is 5.31. The van der Waals surface area contributed by atoms with Crippen molar-refractivity contribution >= 4 is 0 Å². The fourth-order valence-electron chi connectivity index (χ4n) is 1.32. The molecule has 0 aliphatic rings. The Balaban J connectivity index is 2.76. The summed E-state index contributed by atoms with van der Waals surface area (Å²) in [5, 5.41) is 12.7. The highest BCUT2D eigenvalue weighted by atomic mass is 19.1. The Kier molecular flexibility index (Phi) is 4.48. The zero-order valence-electron chi connectivity index (χ0n) is 10.7. The number of rotatable bonds is 5. The molecule has 0 aromatic heterocycles. The summed E-state index contributed by atoms with van der Waals surface area (Å²) in [6, 6.07) is 5.02. The van der Waals surface area contributed by atoms with Crippen LogP contribution in [-0.4, -0.2) is 23.9 Å². The second kappa shape index (κ2) is 5.47. The minimum Gasteiger partial charge on any atom is -0.494 e. The van der Waals surface area contributed by atoms with Crippen LogP contribution in [0.3, 0.4) is 0 Å². The molecule has 0 heterocycles. The molecule has 2 N–H and O–H groups in total. The van der Waals surface area contributed by atoms with Gasteiger partial charge in [0.25, 0.3) is 0 Å². The predicted molar refractivity (Wildman–Crippen MR) is 65.6 cm³/mol. The van der Waals surface area contributed by atoms with Crippen LogP contribution in [0.4, 0.5) is 4.39 Å². The van der Waals surface area contributed by atoms with Crippen molar-refractivity contribution in [1.82, 2.24) is 5.32 Å². The van der Waals surface area contributed by atoms with E-state index >= 15 is 0 Å². The van der Waals surface area contributed by atoms with Gasteiger partial charge in [0, 0.05) is 17.6 Å². The molecule has 96 valence electrons. The third-order valence-electron chi connectivity index (χ3n) is 3.04. The number of aliphatic hydroxyl groups excluding tert-OH is 1. The Hall–Kier alpha value is -1.13. The van der Waals surface area contributed by atoms with Gasteiger partial charge in [-0.3, -0.25) is 0 Å². The summed E-state index contributed by atoms with van der Waals surface area (Å²) >= 11 is 0. The normalized spacial score (nSPS) is 13.5. The second-order valence-corrected chi connectivity index (χ2v) is 4.68. The van der Waals surface area contributed by atoms with E-state index in [0.29, 0.717) is 12.1 Å². The average Bonchev–Trinajstić information content (AvgIpc) is 2.27. The zero-order valence-corrected chi connectivity index (χ0v) is 10.7. The summed E-state index contributed by atoms with van der Waals surface area (Å²) in [6.45, 7) is 5.79. The van der Waals surface area contributed by atoms with E-state index in [2.05, 4.69) is 5.32 Å². The van der Waals surface area contributed by atoms with E-state index in [4.69, 9.17) is 4.74 Å². The molecule has 0 saturated heterocycles. The van der Waals surface area contributed by atoms with Gasteiger partial charge < -0.3 is 15.2 Å². The van der Waals surface area contributed by atoms with Crippen LogP contribution in [0, 0.1) is 5.82 Å². The number of benzene rings is 1. The smallest absolute Gasteiger partial charge is 0.169 e. The number of nitrogens with one attached hydrogen (secondary N) is 1. The molecule has 0 fully saturated rings. The van der Waals surface area contributed by atoms with Crippen molar-refractivity contribution in [2.45, 2.75) is 39.0 Å². The van der Waals surface area contributed by atoms with E-state index in [1.807, 2.05) is 13.8 Å². The van der Waals surface area contributed by atoms with Gasteiger partial charge in [-0.1, -0.05) is 12.1 Å². The first-order chi connectivity index (χ1) is 7.88. The van der Waals surface area contributed by atoms with Crippen molar-refractivity contribution < 1.29 is 14.2 Å². The molecular formula is C13H20FNO2. The van der Waals surface area contributed by atoms with E-state index in [-0.39, 0.29) is 11.6 Å². The highest BCUT2D eigenvalue weighted by Gasteiger charge is 2.23. The molecule has 3 nitrogen and oxygen atoms in total. The van der Waals surface area contributed by atoms with Crippen molar-refractivity contribution in [2.75, 3.05) is 7.11 Å². The number of hydrogen-bond donors (Lipinski definition) is 2. The summed E-state index contributed by atoms with van der Waals surface area (Å²) in [5.74, 6) is -0.122. The van der Waals surface area contributed by atoms with Crippen LogP contribution in [0.15, 0.2) is 18.2 Å². The van der Waals surface area contributed by atoms with E-state index in [0.717, 1.165) is 0 Å². The van der Waals surface area contributed by atoms with E-state index < -0.39 is 11.6 Å². The Bertz CT molecular complexity index is 378. The second-order valence-electron chi connectivity index (χ2n) is 4.68. The first-order valence-corrected chi connectivity index (χ1v) is 5.63. The molecule has 0 saturated carbocycles. The van der Waals surface area contributed by atoms with Gasteiger partial charge in [0.05, 0.1) is 13.2 Å². The van der Waals surface area contributed by atoms with Gasteiger partial charge in [-0.25, -0.2) is 4.39 Å². The zero-order chi connectivity index (χ0) is 13.1. The fraction of sp³-hybridized carbons (Fsp3) is 0.538. The summed E-state index contributed by atoms with van der Waals surface area (Å²) in [7, 11) is 1.44. The largest absolute Gasteiger partial charge is 0.494 e. The van der Waals surface area contributed by atoms with E-state index in [9.17, 15) is 9.50 Å². The van der Waals surface area contributed by atoms with Crippen molar-refractivity contribution in [3.05, 3.63) is 29.6 Å². The predicted octanol–water partition coefficient (Wildman–Crippen LogP) is 2.08. The molecule has 1 aromatic carbocycles. The lowest BCUT2D eigenvalue weighted by atomic mass is 9.98. The maximum absolute atomic E-state index is 13.8. The first kappa shape index (κ1) is 13.9. The molecule has 0 aliphatic heterocycles.